The van der Waals surface area contributed by atoms with Gasteiger partial charge >= 0.3 is 0 Å². The predicted molar refractivity (Wildman–Crippen MR) is 107 cm³/mol. The molecule has 2 aromatic carbocycles. The van der Waals surface area contributed by atoms with Gasteiger partial charge < -0.3 is 19.7 Å². The highest BCUT2D eigenvalue weighted by molar-refractivity contribution is 6.04. The van der Waals surface area contributed by atoms with Gasteiger partial charge in [-0.1, -0.05) is 12.1 Å². The first-order valence-electron chi connectivity index (χ1n) is 9.07. The fourth-order valence-electron chi connectivity index (χ4n) is 2.91. The molecule has 0 radical (unpaired) electrons. The van der Waals surface area contributed by atoms with E-state index >= 15 is 0 Å². The first-order valence-corrected chi connectivity index (χ1v) is 9.07. The molecule has 1 aliphatic rings. The Bertz CT molecular complexity index is 924. The van der Waals surface area contributed by atoms with E-state index in [1.165, 1.54) is 9.80 Å². The molecule has 3 amide bonds. The van der Waals surface area contributed by atoms with Gasteiger partial charge in [-0.25, -0.2) is 0 Å². The number of nitrogens with one attached hydrogen (secondary N) is 1. The summed E-state index contributed by atoms with van der Waals surface area (Å²) in [4.78, 5) is 39.8. The molecule has 0 unspecified atom stereocenters. The van der Waals surface area contributed by atoms with Gasteiger partial charge in [0.1, 0.15) is 18.0 Å². The highest BCUT2D eigenvalue weighted by atomic mass is 16.5. The number of carbonyl (C=O) groups excluding carboxylic acids is 3. The van der Waals surface area contributed by atoms with Crippen LogP contribution in [0.3, 0.4) is 0 Å². The van der Waals surface area contributed by atoms with Crippen molar-refractivity contribution in [1.82, 2.24) is 10.2 Å². The lowest BCUT2D eigenvalue weighted by atomic mass is 10.1. The van der Waals surface area contributed by atoms with Crippen LogP contribution in [-0.2, 0) is 16.1 Å². The maximum atomic E-state index is 12.4. The van der Waals surface area contributed by atoms with Crippen LogP contribution in [0.15, 0.2) is 42.5 Å². The molecule has 0 bridgehead atoms. The number of anilines is 1. The van der Waals surface area contributed by atoms with Gasteiger partial charge in [0.05, 0.1) is 12.8 Å². The van der Waals surface area contributed by atoms with Crippen molar-refractivity contribution in [2.45, 2.75) is 6.54 Å². The lowest BCUT2D eigenvalue weighted by Crippen LogP contribution is -2.45. The third-order valence-electron chi connectivity index (χ3n) is 4.51. The van der Waals surface area contributed by atoms with Crippen LogP contribution in [0.2, 0.25) is 0 Å². The summed E-state index contributed by atoms with van der Waals surface area (Å²) in [6, 6.07) is 12.2. The maximum absolute atomic E-state index is 12.4. The van der Waals surface area contributed by atoms with Gasteiger partial charge in [-0.05, 0) is 35.9 Å². The van der Waals surface area contributed by atoms with Gasteiger partial charge in [0.15, 0.2) is 6.61 Å². The van der Waals surface area contributed by atoms with Gasteiger partial charge in [0.2, 0.25) is 5.91 Å². The number of carbonyl (C=O) groups is 3. The lowest BCUT2D eigenvalue weighted by Gasteiger charge is -2.29. The van der Waals surface area contributed by atoms with Crippen LogP contribution in [0.1, 0.15) is 15.9 Å². The molecule has 2 aromatic rings. The monoisotopic (exact) mass is 397 g/mol. The Kier molecular flexibility index (Phi) is 6.01. The summed E-state index contributed by atoms with van der Waals surface area (Å²) in [5, 5.41) is 2.80. The Hall–Kier alpha value is -3.55. The van der Waals surface area contributed by atoms with Crippen molar-refractivity contribution in [3.05, 3.63) is 53.6 Å². The van der Waals surface area contributed by atoms with Crippen molar-refractivity contribution in [1.29, 1.82) is 0 Å². The molecule has 0 saturated heterocycles. The minimum absolute atomic E-state index is 0.153. The molecule has 3 rings (SSSR count). The molecular weight excluding hydrogens is 374 g/mol. The smallest absolute Gasteiger partial charge is 0.265 e. The molecule has 0 aliphatic carbocycles. The highest BCUT2D eigenvalue weighted by Crippen LogP contribution is 2.33. The van der Waals surface area contributed by atoms with Crippen LogP contribution in [-0.4, -0.2) is 57.0 Å². The third kappa shape index (κ3) is 4.66. The Labute approximate surface area is 169 Å². The van der Waals surface area contributed by atoms with Crippen LogP contribution in [0, 0.1) is 0 Å². The predicted octanol–water partition coefficient (Wildman–Crippen LogP) is 1.44. The third-order valence-corrected chi connectivity index (χ3v) is 4.51. The zero-order valence-corrected chi connectivity index (χ0v) is 16.6. The van der Waals surface area contributed by atoms with Gasteiger partial charge in [-0.2, -0.15) is 0 Å². The highest BCUT2D eigenvalue weighted by Gasteiger charge is 2.28. The molecule has 8 heteroatoms. The molecule has 1 aliphatic heterocycles. The van der Waals surface area contributed by atoms with Crippen LogP contribution >= 0.6 is 0 Å². The summed E-state index contributed by atoms with van der Waals surface area (Å²) < 4.78 is 10.5. The van der Waals surface area contributed by atoms with Gasteiger partial charge in [-0.15, -0.1) is 0 Å². The van der Waals surface area contributed by atoms with E-state index < -0.39 is 0 Å². The fraction of sp³-hybridized carbons (Fsp3) is 0.286. The van der Waals surface area contributed by atoms with Crippen molar-refractivity contribution in [3.63, 3.8) is 0 Å². The zero-order valence-electron chi connectivity index (χ0n) is 16.6. The van der Waals surface area contributed by atoms with E-state index in [-0.39, 0.29) is 30.9 Å². The largest absolute Gasteiger partial charge is 0.497 e. The van der Waals surface area contributed by atoms with E-state index in [1.807, 2.05) is 24.3 Å². The second-order valence-corrected chi connectivity index (χ2v) is 6.78. The lowest BCUT2D eigenvalue weighted by molar-refractivity contribution is -0.125. The number of methoxy groups -OCH3 is 1. The zero-order chi connectivity index (χ0) is 21.0. The summed E-state index contributed by atoms with van der Waals surface area (Å²) in [6.45, 7) is 0.0120. The summed E-state index contributed by atoms with van der Waals surface area (Å²) in [5.74, 6) is 0.342. The molecule has 0 aromatic heterocycles. The van der Waals surface area contributed by atoms with Gasteiger partial charge in [0, 0.05) is 26.2 Å². The number of fused-ring (bicyclic) bond motifs is 1. The van der Waals surface area contributed by atoms with E-state index in [4.69, 9.17) is 9.47 Å². The molecule has 8 nitrogen and oxygen atoms in total. The molecule has 0 atom stereocenters. The number of benzene rings is 2. The Morgan fingerprint density at radius 2 is 1.90 bits per heavy atom. The average Bonchev–Trinajstić information content (AvgIpc) is 2.73. The molecule has 29 heavy (non-hydrogen) atoms. The van der Waals surface area contributed by atoms with Crippen LogP contribution in [0.5, 0.6) is 11.5 Å². The Morgan fingerprint density at radius 3 is 2.55 bits per heavy atom. The van der Waals surface area contributed by atoms with Crippen LogP contribution in [0.25, 0.3) is 0 Å². The number of hydrogen-bond donors (Lipinski definition) is 1. The average molecular weight is 397 g/mol. The number of rotatable bonds is 6. The minimum Gasteiger partial charge on any atom is -0.497 e. The molecule has 1 heterocycles. The number of hydrogen-bond acceptors (Lipinski definition) is 5. The SMILES string of the molecule is COc1ccc(CNC(=O)CN2C(=O)COc3ccc(C(=O)N(C)C)cc32)cc1. The molecule has 0 spiro atoms. The minimum atomic E-state index is -0.341. The van der Waals surface area contributed by atoms with E-state index in [9.17, 15) is 14.4 Å². The first kappa shape index (κ1) is 20.2. The number of ether oxygens (including phenoxy) is 2. The second kappa shape index (κ2) is 8.64. The summed E-state index contributed by atoms with van der Waals surface area (Å²) in [6.07, 6.45) is 0. The van der Waals surface area contributed by atoms with E-state index in [0.29, 0.717) is 23.5 Å². The quantitative estimate of drug-likeness (QED) is 0.797. The van der Waals surface area contributed by atoms with Crippen LogP contribution in [0.4, 0.5) is 5.69 Å². The molecular formula is C21H23N3O5. The van der Waals surface area contributed by atoms with Gasteiger partial charge in [-0.3, -0.25) is 19.3 Å². The maximum Gasteiger partial charge on any atom is 0.265 e. The fourth-order valence-corrected chi connectivity index (χ4v) is 2.91. The van der Waals surface area contributed by atoms with Crippen molar-refractivity contribution in [3.8, 4) is 11.5 Å². The van der Waals surface area contributed by atoms with Crippen molar-refractivity contribution in [2.75, 3.05) is 39.3 Å². The molecule has 1 N–H and O–H groups in total. The van der Waals surface area contributed by atoms with E-state index in [0.717, 1.165) is 11.3 Å². The molecule has 0 fully saturated rings. The van der Waals surface area contributed by atoms with E-state index in [2.05, 4.69) is 5.32 Å². The first-order chi connectivity index (χ1) is 13.9. The number of nitrogens with zero attached hydrogens (tertiary/aromatic N) is 2. The Balaban J connectivity index is 1.71. The normalized spacial score (nSPS) is 12.7. The Morgan fingerprint density at radius 1 is 1.17 bits per heavy atom. The van der Waals surface area contributed by atoms with Crippen molar-refractivity contribution in [2.24, 2.45) is 0 Å². The van der Waals surface area contributed by atoms with E-state index in [1.54, 1.807) is 39.4 Å². The van der Waals surface area contributed by atoms with Crippen molar-refractivity contribution >= 4 is 23.4 Å². The second-order valence-electron chi connectivity index (χ2n) is 6.78. The standard InChI is InChI=1S/C21H23N3O5/c1-23(2)21(27)15-6-9-18-17(10-15)24(20(26)13-29-18)12-19(25)22-11-14-4-7-16(28-3)8-5-14/h4-10H,11-13H2,1-3H3,(H,22,25). The molecule has 152 valence electrons. The summed E-state index contributed by atoms with van der Waals surface area (Å²) >= 11 is 0. The van der Waals surface area contributed by atoms with Gasteiger partial charge in [0.25, 0.3) is 11.8 Å². The summed E-state index contributed by atoms with van der Waals surface area (Å²) in [5.41, 5.74) is 1.73. The van der Waals surface area contributed by atoms with Crippen LogP contribution < -0.4 is 19.7 Å². The summed E-state index contributed by atoms with van der Waals surface area (Å²) in [7, 11) is 4.88. The van der Waals surface area contributed by atoms with Crippen molar-refractivity contribution < 1.29 is 23.9 Å². The molecule has 0 saturated carbocycles. The number of amides is 3. The topological polar surface area (TPSA) is 88.2 Å².